The largest absolute Gasteiger partial charge is 0.325 e. The molecule has 3 rings (SSSR count). The summed E-state index contributed by atoms with van der Waals surface area (Å²) in [6.45, 7) is 2.51. The van der Waals surface area contributed by atoms with Gasteiger partial charge < -0.3 is 4.98 Å². The lowest BCUT2D eigenvalue weighted by Gasteiger charge is -2.33. The third-order valence-corrected chi connectivity index (χ3v) is 5.89. The minimum absolute atomic E-state index is 0.299. The maximum atomic E-state index is 12.5. The molecule has 0 amide bonds. The highest BCUT2D eigenvalue weighted by molar-refractivity contribution is 7.89. The molecule has 2 aromatic rings. The second kappa shape index (κ2) is 6.71. The molecule has 1 aromatic carbocycles. The maximum absolute atomic E-state index is 12.5. The molecule has 2 heterocycles. The highest BCUT2D eigenvalue weighted by Crippen LogP contribution is 2.15. The third-order valence-electron chi connectivity index (χ3n) is 3.98. The number of sulfonamides is 1. The zero-order valence-electron chi connectivity index (χ0n) is 12.9. The van der Waals surface area contributed by atoms with Gasteiger partial charge in [-0.2, -0.15) is 4.31 Å². The van der Waals surface area contributed by atoms with Crippen molar-refractivity contribution in [1.29, 1.82) is 0 Å². The number of nitrogens with one attached hydrogen (secondary N) is 2. The van der Waals surface area contributed by atoms with Gasteiger partial charge in [0.2, 0.25) is 10.0 Å². The zero-order chi connectivity index (χ0) is 17.2. The molecule has 8 nitrogen and oxygen atoms in total. The standard InChI is InChI=1S/C15H18N4O4S/c20-14-13(10-16-15(21)17-14)24(22,23)19-8-6-18(7-9-19)11-12-4-2-1-3-5-12/h1-5,10H,6-9,11H2,(H2,16,17,20,21). The molecule has 0 unspecified atom stereocenters. The Kier molecular flexibility index (Phi) is 4.65. The van der Waals surface area contributed by atoms with E-state index in [1.165, 1.54) is 9.87 Å². The van der Waals surface area contributed by atoms with Crippen molar-refractivity contribution in [2.75, 3.05) is 26.2 Å². The van der Waals surface area contributed by atoms with Crippen LogP contribution >= 0.6 is 0 Å². The zero-order valence-corrected chi connectivity index (χ0v) is 13.8. The number of hydrogen-bond donors (Lipinski definition) is 2. The molecule has 0 saturated carbocycles. The fraction of sp³-hybridized carbons (Fsp3) is 0.333. The molecule has 1 aliphatic rings. The molecule has 0 bridgehead atoms. The Balaban J connectivity index is 1.69. The molecule has 128 valence electrons. The van der Waals surface area contributed by atoms with E-state index in [1.54, 1.807) is 0 Å². The van der Waals surface area contributed by atoms with Crippen LogP contribution in [0.5, 0.6) is 0 Å². The van der Waals surface area contributed by atoms with E-state index in [0.29, 0.717) is 26.2 Å². The van der Waals surface area contributed by atoms with E-state index >= 15 is 0 Å². The van der Waals surface area contributed by atoms with Crippen LogP contribution in [0.3, 0.4) is 0 Å². The van der Waals surface area contributed by atoms with Gasteiger partial charge in [-0.1, -0.05) is 30.3 Å². The molecular weight excluding hydrogens is 332 g/mol. The SMILES string of the molecule is O=c1[nH]cc(S(=O)(=O)N2CCN(Cc3ccccc3)CC2)c(=O)[nH]1. The van der Waals surface area contributed by atoms with E-state index in [-0.39, 0.29) is 0 Å². The first-order chi connectivity index (χ1) is 11.5. The number of nitrogens with zero attached hydrogens (tertiary/aromatic N) is 2. The monoisotopic (exact) mass is 350 g/mol. The van der Waals surface area contributed by atoms with Crippen molar-refractivity contribution in [2.45, 2.75) is 11.4 Å². The molecule has 2 N–H and O–H groups in total. The van der Waals surface area contributed by atoms with Gasteiger partial charge in [0, 0.05) is 38.9 Å². The lowest BCUT2D eigenvalue weighted by Crippen LogP contribution is -2.49. The Morgan fingerprint density at radius 3 is 2.29 bits per heavy atom. The minimum atomic E-state index is -3.91. The summed E-state index contributed by atoms with van der Waals surface area (Å²) in [6.07, 6.45) is 0.951. The molecule has 0 spiro atoms. The van der Waals surface area contributed by atoms with Gasteiger partial charge in [0.15, 0.2) is 4.90 Å². The van der Waals surface area contributed by atoms with Crippen molar-refractivity contribution in [3.8, 4) is 0 Å². The first-order valence-corrected chi connectivity index (χ1v) is 8.99. The number of piperazine rings is 1. The molecule has 1 aliphatic heterocycles. The summed E-state index contributed by atoms with van der Waals surface area (Å²) >= 11 is 0. The predicted molar refractivity (Wildman–Crippen MR) is 88.2 cm³/mol. The summed E-state index contributed by atoms with van der Waals surface area (Å²) in [4.78, 5) is 28.7. The lowest BCUT2D eigenvalue weighted by atomic mass is 10.2. The van der Waals surface area contributed by atoms with Gasteiger partial charge in [-0.15, -0.1) is 0 Å². The van der Waals surface area contributed by atoms with Crippen LogP contribution in [0.15, 0.2) is 51.0 Å². The highest BCUT2D eigenvalue weighted by atomic mass is 32.2. The molecule has 24 heavy (non-hydrogen) atoms. The summed E-state index contributed by atoms with van der Waals surface area (Å²) in [5.41, 5.74) is -0.456. The van der Waals surface area contributed by atoms with E-state index in [1.807, 2.05) is 35.3 Å². The molecular formula is C15H18N4O4S. The molecule has 1 aromatic heterocycles. The summed E-state index contributed by atoms with van der Waals surface area (Å²) in [5.74, 6) is 0. The number of H-pyrrole nitrogens is 2. The van der Waals surface area contributed by atoms with Crippen molar-refractivity contribution in [2.24, 2.45) is 0 Å². The van der Waals surface area contributed by atoms with Crippen molar-refractivity contribution >= 4 is 10.0 Å². The van der Waals surface area contributed by atoms with Gasteiger partial charge in [0.25, 0.3) is 5.56 Å². The summed E-state index contributed by atoms with van der Waals surface area (Å²) in [5, 5.41) is 0. The van der Waals surface area contributed by atoms with Gasteiger partial charge in [-0.05, 0) is 5.56 Å². The van der Waals surface area contributed by atoms with Crippen molar-refractivity contribution in [3.05, 3.63) is 62.9 Å². The normalized spacial score (nSPS) is 17.0. The number of hydrogen-bond acceptors (Lipinski definition) is 5. The van der Waals surface area contributed by atoms with Crippen LogP contribution in [-0.4, -0.2) is 53.8 Å². The van der Waals surface area contributed by atoms with Crippen molar-refractivity contribution in [3.63, 3.8) is 0 Å². The quantitative estimate of drug-likeness (QED) is 0.778. The molecule has 9 heteroatoms. The van der Waals surface area contributed by atoms with E-state index < -0.39 is 26.2 Å². The van der Waals surface area contributed by atoms with Gasteiger partial charge in [0.05, 0.1) is 0 Å². The molecule has 0 radical (unpaired) electrons. The third kappa shape index (κ3) is 3.48. The van der Waals surface area contributed by atoms with Crippen LogP contribution in [0.1, 0.15) is 5.56 Å². The van der Waals surface area contributed by atoms with Crippen molar-refractivity contribution < 1.29 is 8.42 Å². The maximum Gasteiger partial charge on any atom is 0.325 e. The minimum Gasteiger partial charge on any atom is -0.313 e. The predicted octanol–water partition coefficient (Wildman–Crippen LogP) is -0.430. The van der Waals surface area contributed by atoms with E-state index in [0.717, 1.165) is 12.7 Å². The average Bonchev–Trinajstić information content (AvgIpc) is 2.56. The molecule has 0 aliphatic carbocycles. The van der Waals surface area contributed by atoms with Crippen LogP contribution < -0.4 is 11.2 Å². The lowest BCUT2D eigenvalue weighted by molar-refractivity contribution is 0.181. The first kappa shape index (κ1) is 16.6. The van der Waals surface area contributed by atoms with Gasteiger partial charge >= 0.3 is 5.69 Å². The molecule has 1 fully saturated rings. The van der Waals surface area contributed by atoms with E-state index in [2.05, 4.69) is 9.88 Å². The first-order valence-electron chi connectivity index (χ1n) is 7.55. The van der Waals surface area contributed by atoms with Gasteiger partial charge in [-0.3, -0.25) is 14.7 Å². The van der Waals surface area contributed by atoms with Gasteiger partial charge in [-0.25, -0.2) is 13.2 Å². The highest BCUT2D eigenvalue weighted by Gasteiger charge is 2.30. The van der Waals surface area contributed by atoms with Crippen LogP contribution in [-0.2, 0) is 16.6 Å². The summed E-state index contributed by atoms with van der Waals surface area (Å²) in [6, 6.07) is 9.96. The Labute approximate surface area is 138 Å². The summed E-state index contributed by atoms with van der Waals surface area (Å²) < 4.78 is 26.4. The number of benzene rings is 1. The average molecular weight is 350 g/mol. The number of aromatic nitrogens is 2. The Morgan fingerprint density at radius 2 is 1.67 bits per heavy atom. The van der Waals surface area contributed by atoms with Crippen LogP contribution in [0.4, 0.5) is 0 Å². The van der Waals surface area contributed by atoms with Crippen LogP contribution in [0.25, 0.3) is 0 Å². The number of rotatable bonds is 4. The topological polar surface area (TPSA) is 106 Å². The Bertz CT molecular complexity index is 912. The van der Waals surface area contributed by atoms with E-state index in [4.69, 9.17) is 0 Å². The fourth-order valence-electron chi connectivity index (χ4n) is 2.70. The molecule has 0 atom stereocenters. The Morgan fingerprint density at radius 1 is 1.00 bits per heavy atom. The smallest absolute Gasteiger partial charge is 0.313 e. The number of aromatic amines is 2. The molecule has 1 saturated heterocycles. The second-order valence-electron chi connectivity index (χ2n) is 5.60. The van der Waals surface area contributed by atoms with Crippen LogP contribution in [0, 0.1) is 0 Å². The Hall–Kier alpha value is -2.23. The van der Waals surface area contributed by atoms with Crippen molar-refractivity contribution in [1.82, 2.24) is 19.2 Å². The fourth-order valence-corrected chi connectivity index (χ4v) is 4.11. The van der Waals surface area contributed by atoms with Gasteiger partial charge in [0.1, 0.15) is 0 Å². The van der Waals surface area contributed by atoms with E-state index in [9.17, 15) is 18.0 Å². The van der Waals surface area contributed by atoms with Crippen LogP contribution in [0.2, 0.25) is 0 Å². The second-order valence-corrected chi connectivity index (χ2v) is 7.51. The summed E-state index contributed by atoms with van der Waals surface area (Å²) in [7, 11) is -3.91.